The Balaban J connectivity index is 1.53. The Labute approximate surface area is 207 Å². The van der Waals surface area contributed by atoms with Gasteiger partial charge in [-0.1, -0.05) is 49.6 Å². The molecule has 6 heteroatoms. The van der Waals surface area contributed by atoms with Gasteiger partial charge in [0, 0.05) is 32.2 Å². The van der Waals surface area contributed by atoms with Crippen molar-refractivity contribution in [3.63, 3.8) is 0 Å². The molecule has 0 bridgehead atoms. The summed E-state index contributed by atoms with van der Waals surface area (Å²) in [5.74, 6) is -0.738. The highest BCUT2D eigenvalue weighted by atomic mass is 32.1. The second-order valence-corrected chi connectivity index (χ2v) is 9.50. The van der Waals surface area contributed by atoms with E-state index in [1.165, 1.54) is 11.3 Å². The SMILES string of the molecule is C=C(C)C(=O)OCCCc1ccc(-c2ccc3c(sc4cc(OC(=O)C(=C)C)ccc43)c2F)cc1. The molecule has 0 aliphatic carbocycles. The number of aryl methyl sites for hydroxylation is 1. The van der Waals surface area contributed by atoms with Crippen LogP contribution >= 0.6 is 11.3 Å². The van der Waals surface area contributed by atoms with Gasteiger partial charge >= 0.3 is 11.9 Å². The molecule has 3 aromatic carbocycles. The van der Waals surface area contributed by atoms with E-state index in [9.17, 15) is 9.59 Å². The summed E-state index contributed by atoms with van der Waals surface area (Å²) in [7, 11) is 0. The minimum absolute atomic E-state index is 0.274. The fraction of sp³-hybridized carbons (Fsp3) is 0.172. The van der Waals surface area contributed by atoms with Crippen LogP contribution in [0.5, 0.6) is 5.75 Å². The summed E-state index contributed by atoms with van der Waals surface area (Å²) in [4.78, 5) is 23.3. The summed E-state index contributed by atoms with van der Waals surface area (Å²) in [5.41, 5.74) is 3.10. The van der Waals surface area contributed by atoms with Gasteiger partial charge in [0.05, 0.1) is 11.3 Å². The monoisotopic (exact) mass is 488 g/mol. The van der Waals surface area contributed by atoms with Crippen LogP contribution in [0.3, 0.4) is 0 Å². The summed E-state index contributed by atoms with van der Waals surface area (Å²) in [6, 6.07) is 16.8. The molecule has 0 saturated carbocycles. The number of esters is 2. The highest BCUT2D eigenvalue weighted by Gasteiger charge is 2.15. The van der Waals surface area contributed by atoms with Crippen molar-refractivity contribution in [2.45, 2.75) is 26.7 Å². The standard InChI is InChI=1S/C29H25FO4S/c1-17(2)28(31)33-15-5-6-19-7-9-20(10-8-19)22-13-14-24-23-12-11-21(34-29(32)18(3)4)16-25(23)35-27(24)26(22)30/h7-14,16H,1,3,5-6,15H2,2,4H3. The van der Waals surface area contributed by atoms with Crippen LogP contribution in [0, 0.1) is 5.82 Å². The lowest BCUT2D eigenvalue weighted by atomic mass is 10.0. The van der Waals surface area contributed by atoms with E-state index in [1.54, 1.807) is 32.0 Å². The van der Waals surface area contributed by atoms with Crippen LogP contribution in [0.15, 0.2) is 78.9 Å². The summed E-state index contributed by atoms with van der Waals surface area (Å²) in [5, 5.41) is 1.73. The number of hydrogen-bond donors (Lipinski definition) is 0. The molecule has 0 atom stereocenters. The number of carbonyl (C=O) groups is 2. The minimum atomic E-state index is -0.491. The highest BCUT2D eigenvalue weighted by molar-refractivity contribution is 7.25. The second-order valence-electron chi connectivity index (χ2n) is 8.45. The number of thiophene rings is 1. The van der Waals surface area contributed by atoms with Crippen molar-refractivity contribution < 1.29 is 23.5 Å². The number of halogens is 1. The Hall–Kier alpha value is -3.77. The number of fused-ring (bicyclic) bond motifs is 3. The molecule has 0 saturated heterocycles. The van der Waals surface area contributed by atoms with E-state index in [2.05, 4.69) is 13.2 Å². The van der Waals surface area contributed by atoms with Gasteiger partial charge < -0.3 is 9.47 Å². The molecule has 0 aliphatic rings. The lowest BCUT2D eigenvalue weighted by molar-refractivity contribution is -0.139. The highest BCUT2D eigenvalue weighted by Crippen LogP contribution is 2.40. The number of hydrogen-bond acceptors (Lipinski definition) is 5. The number of ether oxygens (including phenoxy) is 2. The van der Waals surface area contributed by atoms with E-state index >= 15 is 4.39 Å². The molecule has 0 amide bonds. The maximum atomic E-state index is 15.6. The smallest absolute Gasteiger partial charge is 0.338 e. The average Bonchev–Trinajstić information content (AvgIpc) is 3.21. The first-order valence-electron chi connectivity index (χ1n) is 11.2. The summed E-state index contributed by atoms with van der Waals surface area (Å²) in [6.45, 7) is 10.7. The fourth-order valence-corrected chi connectivity index (χ4v) is 4.85. The molecule has 1 heterocycles. The van der Waals surface area contributed by atoms with Crippen LogP contribution in [-0.2, 0) is 20.7 Å². The van der Waals surface area contributed by atoms with E-state index < -0.39 is 5.97 Å². The zero-order valence-electron chi connectivity index (χ0n) is 19.7. The molecule has 4 aromatic rings. The molecule has 35 heavy (non-hydrogen) atoms. The Kier molecular flexibility index (Phi) is 7.12. The molecule has 0 aliphatic heterocycles. The topological polar surface area (TPSA) is 52.6 Å². The van der Waals surface area contributed by atoms with Crippen molar-refractivity contribution in [2.75, 3.05) is 6.61 Å². The first-order chi connectivity index (χ1) is 16.7. The third kappa shape index (κ3) is 5.33. The van der Waals surface area contributed by atoms with Gasteiger partial charge in [-0.25, -0.2) is 14.0 Å². The van der Waals surface area contributed by atoms with E-state index in [0.717, 1.165) is 33.0 Å². The Morgan fingerprint density at radius 3 is 2.29 bits per heavy atom. The van der Waals surface area contributed by atoms with Crippen LogP contribution in [0.1, 0.15) is 25.8 Å². The Morgan fingerprint density at radius 2 is 1.60 bits per heavy atom. The minimum Gasteiger partial charge on any atom is -0.462 e. The normalized spacial score (nSPS) is 10.9. The van der Waals surface area contributed by atoms with E-state index in [-0.39, 0.29) is 11.8 Å². The van der Waals surface area contributed by atoms with Crippen LogP contribution in [0.4, 0.5) is 4.39 Å². The maximum absolute atomic E-state index is 15.6. The third-order valence-corrected chi connectivity index (χ3v) is 6.73. The second kappa shape index (κ2) is 10.2. The molecule has 0 fully saturated rings. The first kappa shape index (κ1) is 24.4. The Bertz CT molecular complexity index is 1460. The van der Waals surface area contributed by atoms with Crippen molar-refractivity contribution in [1.82, 2.24) is 0 Å². The maximum Gasteiger partial charge on any atom is 0.338 e. The molecular formula is C29H25FO4S. The van der Waals surface area contributed by atoms with Gasteiger partial charge in [-0.05, 0) is 56.0 Å². The molecule has 0 radical (unpaired) electrons. The van der Waals surface area contributed by atoms with Gasteiger partial charge in [-0.15, -0.1) is 11.3 Å². The third-order valence-electron chi connectivity index (χ3n) is 5.57. The zero-order valence-corrected chi connectivity index (χ0v) is 20.5. The van der Waals surface area contributed by atoms with Crippen molar-refractivity contribution in [2.24, 2.45) is 0 Å². The summed E-state index contributed by atoms with van der Waals surface area (Å²) in [6.07, 6.45) is 1.45. The predicted octanol–water partition coefficient (Wildman–Crippen LogP) is 7.39. The largest absolute Gasteiger partial charge is 0.462 e. The molecular weight excluding hydrogens is 463 g/mol. The number of benzene rings is 3. The van der Waals surface area contributed by atoms with Gasteiger partial charge in [0.15, 0.2) is 0 Å². The molecule has 1 aromatic heterocycles. The number of carbonyl (C=O) groups excluding carboxylic acids is 2. The van der Waals surface area contributed by atoms with Crippen molar-refractivity contribution in [3.8, 4) is 16.9 Å². The molecule has 4 rings (SSSR count). The molecule has 178 valence electrons. The van der Waals surface area contributed by atoms with Gasteiger partial charge in [-0.2, -0.15) is 0 Å². The fourth-order valence-electron chi connectivity index (χ4n) is 3.68. The van der Waals surface area contributed by atoms with Crippen LogP contribution in [0.2, 0.25) is 0 Å². The number of rotatable bonds is 8. The molecule has 0 spiro atoms. The van der Waals surface area contributed by atoms with E-state index in [1.807, 2.05) is 36.4 Å². The summed E-state index contributed by atoms with van der Waals surface area (Å²) < 4.78 is 27.4. The molecule has 0 N–H and O–H groups in total. The van der Waals surface area contributed by atoms with E-state index in [0.29, 0.717) is 40.2 Å². The van der Waals surface area contributed by atoms with Gasteiger partial charge in [-0.3, -0.25) is 0 Å². The van der Waals surface area contributed by atoms with Crippen molar-refractivity contribution in [3.05, 3.63) is 90.3 Å². The van der Waals surface area contributed by atoms with Crippen LogP contribution < -0.4 is 4.74 Å². The lowest BCUT2D eigenvalue weighted by Gasteiger charge is -2.07. The Morgan fingerprint density at radius 1 is 0.914 bits per heavy atom. The van der Waals surface area contributed by atoms with Gasteiger partial charge in [0.25, 0.3) is 0 Å². The lowest BCUT2D eigenvalue weighted by Crippen LogP contribution is -2.07. The van der Waals surface area contributed by atoms with Crippen molar-refractivity contribution in [1.29, 1.82) is 0 Å². The van der Waals surface area contributed by atoms with E-state index in [4.69, 9.17) is 9.47 Å². The quantitative estimate of drug-likeness (QED) is 0.112. The van der Waals surface area contributed by atoms with Crippen LogP contribution in [-0.4, -0.2) is 18.5 Å². The predicted molar refractivity (Wildman–Crippen MR) is 139 cm³/mol. The van der Waals surface area contributed by atoms with Gasteiger partial charge in [0.2, 0.25) is 0 Å². The van der Waals surface area contributed by atoms with Gasteiger partial charge in [0.1, 0.15) is 11.6 Å². The molecule has 0 unspecified atom stereocenters. The first-order valence-corrected chi connectivity index (χ1v) is 12.0. The van der Waals surface area contributed by atoms with Crippen LogP contribution in [0.25, 0.3) is 31.3 Å². The average molecular weight is 489 g/mol. The van der Waals surface area contributed by atoms with Crippen molar-refractivity contribution >= 4 is 43.4 Å². The summed E-state index contributed by atoms with van der Waals surface area (Å²) >= 11 is 1.33. The zero-order chi connectivity index (χ0) is 25.1. The molecule has 4 nitrogen and oxygen atoms in total.